The van der Waals surface area contributed by atoms with Crippen molar-refractivity contribution < 1.29 is 23.9 Å². The molecule has 1 N–H and O–H groups in total. The molecule has 2 amide bonds. The summed E-state index contributed by atoms with van der Waals surface area (Å²) in [6.07, 6.45) is 2.52. The third-order valence-corrected chi connectivity index (χ3v) is 7.03. The minimum Gasteiger partial charge on any atom is -0.443 e. The third-order valence-electron chi connectivity index (χ3n) is 4.98. The molecule has 0 aliphatic heterocycles. The molecule has 33 heavy (non-hydrogen) atoms. The van der Waals surface area contributed by atoms with Crippen molar-refractivity contribution in [2.45, 2.75) is 84.8 Å². The molecule has 1 aliphatic rings. The number of ether oxygens (including phenoxy) is 2. The standard InChI is InChI=1S/C25H38N2O5Si/c1-24(2,3)31-22(29)26-27(23(30)32-25(4,5)6)20-15-11-14-19(20)21(28)17-12-10-13-18(16-17)33(7,8)9/h10-14,16,19-20H,15H2,1-9H3,(H,26,29)/t19-,20-/m1/s1. The fourth-order valence-electron chi connectivity index (χ4n) is 3.47. The van der Waals surface area contributed by atoms with E-state index in [4.69, 9.17) is 9.47 Å². The Morgan fingerprint density at radius 2 is 1.61 bits per heavy atom. The van der Waals surface area contributed by atoms with Crippen LogP contribution in [0.3, 0.4) is 0 Å². The lowest BCUT2D eigenvalue weighted by Gasteiger charge is -2.34. The summed E-state index contributed by atoms with van der Waals surface area (Å²) >= 11 is 0. The first-order chi connectivity index (χ1) is 15.0. The van der Waals surface area contributed by atoms with Crippen molar-refractivity contribution in [2.75, 3.05) is 0 Å². The van der Waals surface area contributed by atoms with Gasteiger partial charge in [-0.1, -0.05) is 61.2 Å². The highest BCUT2D eigenvalue weighted by Gasteiger charge is 2.40. The molecule has 0 unspecified atom stereocenters. The number of carbonyl (C=O) groups excluding carboxylic acids is 3. The molecule has 2 atom stereocenters. The van der Waals surface area contributed by atoms with Crippen LogP contribution in [0.2, 0.25) is 19.6 Å². The summed E-state index contributed by atoms with van der Waals surface area (Å²) in [6.45, 7) is 17.1. The van der Waals surface area contributed by atoms with Gasteiger partial charge in [0, 0.05) is 5.56 Å². The van der Waals surface area contributed by atoms with Crippen molar-refractivity contribution in [3.05, 3.63) is 42.0 Å². The summed E-state index contributed by atoms with van der Waals surface area (Å²) in [5, 5.41) is 2.28. The van der Waals surface area contributed by atoms with Crippen LogP contribution in [-0.4, -0.2) is 48.3 Å². The van der Waals surface area contributed by atoms with E-state index in [0.29, 0.717) is 12.0 Å². The Morgan fingerprint density at radius 1 is 1.00 bits per heavy atom. The number of carbonyl (C=O) groups is 3. The van der Waals surface area contributed by atoms with E-state index in [1.807, 2.05) is 18.2 Å². The Morgan fingerprint density at radius 3 is 2.15 bits per heavy atom. The molecule has 0 saturated heterocycles. The third kappa shape index (κ3) is 7.73. The molecule has 8 heteroatoms. The highest BCUT2D eigenvalue weighted by atomic mass is 28.3. The number of hydrogen-bond donors (Lipinski definition) is 1. The van der Waals surface area contributed by atoms with E-state index < -0.39 is 43.4 Å². The van der Waals surface area contributed by atoms with Crippen LogP contribution in [0.25, 0.3) is 0 Å². The van der Waals surface area contributed by atoms with Crippen LogP contribution in [0.4, 0.5) is 9.59 Å². The molecule has 1 aliphatic carbocycles. The molecule has 0 saturated carbocycles. The highest BCUT2D eigenvalue weighted by molar-refractivity contribution is 6.88. The molecule has 1 aromatic rings. The van der Waals surface area contributed by atoms with Gasteiger partial charge >= 0.3 is 12.2 Å². The fraction of sp³-hybridized carbons (Fsp3) is 0.560. The first kappa shape index (κ1) is 26.6. The molecular weight excluding hydrogens is 436 g/mol. The highest BCUT2D eigenvalue weighted by Crippen LogP contribution is 2.28. The van der Waals surface area contributed by atoms with E-state index in [2.05, 4.69) is 31.1 Å². The van der Waals surface area contributed by atoms with Gasteiger partial charge in [0.25, 0.3) is 0 Å². The van der Waals surface area contributed by atoms with Crippen molar-refractivity contribution in [1.29, 1.82) is 0 Å². The smallest absolute Gasteiger partial charge is 0.429 e. The Labute approximate surface area is 198 Å². The maximum absolute atomic E-state index is 13.5. The number of benzene rings is 1. The van der Waals surface area contributed by atoms with Crippen molar-refractivity contribution >= 4 is 31.2 Å². The van der Waals surface area contributed by atoms with Crippen LogP contribution >= 0.6 is 0 Å². The van der Waals surface area contributed by atoms with E-state index in [-0.39, 0.29) is 5.78 Å². The van der Waals surface area contributed by atoms with Gasteiger partial charge in [0.05, 0.1) is 20.0 Å². The molecule has 0 heterocycles. The van der Waals surface area contributed by atoms with Gasteiger partial charge in [-0.05, 0) is 48.0 Å². The average molecular weight is 475 g/mol. The average Bonchev–Trinajstić information content (AvgIpc) is 3.11. The largest absolute Gasteiger partial charge is 0.443 e. The predicted octanol–water partition coefficient (Wildman–Crippen LogP) is 5.04. The van der Waals surface area contributed by atoms with Gasteiger partial charge in [-0.15, -0.1) is 0 Å². The second-order valence-electron chi connectivity index (χ2n) is 11.4. The molecule has 1 aromatic carbocycles. The van der Waals surface area contributed by atoms with Crippen LogP contribution in [0.15, 0.2) is 36.4 Å². The summed E-state index contributed by atoms with van der Waals surface area (Å²) in [7, 11) is -1.61. The normalized spacial score (nSPS) is 18.6. The minimum atomic E-state index is -1.61. The van der Waals surface area contributed by atoms with E-state index in [0.717, 1.165) is 5.01 Å². The molecule has 0 fully saturated rings. The Bertz CT molecular complexity index is 922. The van der Waals surface area contributed by atoms with Gasteiger partial charge in [-0.2, -0.15) is 0 Å². The maximum atomic E-state index is 13.5. The zero-order valence-electron chi connectivity index (χ0n) is 21.3. The minimum absolute atomic E-state index is 0.103. The van der Waals surface area contributed by atoms with E-state index in [1.54, 1.807) is 53.7 Å². The monoisotopic (exact) mass is 474 g/mol. The second kappa shape index (κ2) is 9.71. The quantitative estimate of drug-likeness (QED) is 0.286. The number of rotatable bonds is 4. The number of Topliss-reactive ketones (excluding diaryl/α,β-unsaturated/α-hetero) is 1. The second-order valence-corrected chi connectivity index (χ2v) is 16.5. The van der Waals surface area contributed by atoms with Gasteiger partial charge < -0.3 is 9.47 Å². The van der Waals surface area contributed by atoms with Crippen LogP contribution in [0, 0.1) is 5.92 Å². The number of ketones is 1. The van der Waals surface area contributed by atoms with Crippen LogP contribution < -0.4 is 10.6 Å². The van der Waals surface area contributed by atoms with Gasteiger partial charge in [0.2, 0.25) is 0 Å². The van der Waals surface area contributed by atoms with E-state index >= 15 is 0 Å². The predicted molar refractivity (Wildman–Crippen MR) is 132 cm³/mol. The summed E-state index contributed by atoms with van der Waals surface area (Å²) in [4.78, 5) is 39.1. The first-order valence-electron chi connectivity index (χ1n) is 11.3. The zero-order chi connectivity index (χ0) is 25.2. The molecular formula is C25H38N2O5Si. The molecule has 182 valence electrons. The topological polar surface area (TPSA) is 84.9 Å². The van der Waals surface area contributed by atoms with Gasteiger partial charge in [0.15, 0.2) is 5.78 Å². The molecule has 0 radical (unpaired) electrons. The number of nitrogens with one attached hydrogen (secondary N) is 1. The number of hydrazine groups is 1. The van der Waals surface area contributed by atoms with E-state index in [1.165, 1.54) is 5.19 Å². The Kier molecular flexibility index (Phi) is 7.84. The molecule has 0 aromatic heterocycles. The van der Waals surface area contributed by atoms with Crippen molar-refractivity contribution in [3.8, 4) is 0 Å². The van der Waals surface area contributed by atoms with Gasteiger partial charge in [-0.3, -0.25) is 4.79 Å². The van der Waals surface area contributed by atoms with Crippen molar-refractivity contribution in [1.82, 2.24) is 10.4 Å². The van der Waals surface area contributed by atoms with Gasteiger partial charge in [0.1, 0.15) is 11.2 Å². The lowest BCUT2D eigenvalue weighted by atomic mass is 9.93. The molecule has 0 bridgehead atoms. The molecule has 0 spiro atoms. The summed E-state index contributed by atoms with van der Waals surface area (Å²) in [6, 6.07) is 7.09. The van der Waals surface area contributed by atoms with Crippen molar-refractivity contribution in [3.63, 3.8) is 0 Å². The molecule has 7 nitrogen and oxygen atoms in total. The van der Waals surface area contributed by atoms with Crippen LogP contribution in [0.1, 0.15) is 58.3 Å². The Hall–Kier alpha value is -2.61. The lowest BCUT2D eigenvalue weighted by Crippen LogP contribution is -2.56. The SMILES string of the molecule is CC(C)(C)OC(=O)NN(C(=O)OC(C)(C)C)[C@@H]1CC=C[C@H]1C(=O)c1cccc([Si](C)(C)C)c1. The van der Waals surface area contributed by atoms with Crippen molar-refractivity contribution in [2.24, 2.45) is 5.92 Å². The first-order valence-corrected chi connectivity index (χ1v) is 14.8. The van der Waals surface area contributed by atoms with Gasteiger partial charge in [-0.25, -0.2) is 20.0 Å². The Balaban J connectivity index is 2.35. The van der Waals surface area contributed by atoms with Crippen LogP contribution in [0.5, 0.6) is 0 Å². The fourth-order valence-corrected chi connectivity index (χ4v) is 4.66. The number of nitrogens with zero attached hydrogens (tertiary/aromatic N) is 1. The maximum Gasteiger partial charge on any atom is 0.429 e. The van der Waals surface area contributed by atoms with Crippen LogP contribution in [-0.2, 0) is 9.47 Å². The molecule has 2 rings (SSSR count). The van der Waals surface area contributed by atoms with E-state index in [9.17, 15) is 14.4 Å². The summed E-state index contributed by atoms with van der Waals surface area (Å²) in [5.74, 6) is -0.724. The summed E-state index contributed by atoms with van der Waals surface area (Å²) < 4.78 is 10.9. The lowest BCUT2D eigenvalue weighted by molar-refractivity contribution is -0.0120. The summed E-state index contributed by atoms with van der Waals surface area (Å²) in [5.41, 5.74) is 1.60. The zero-order valence-corrected chi connectivity index (χ0v) is 22.3. The number of hydrogen-bond acceptors (Lipinski definition) is 5. The number of amides is 2.